The first-order chi connectivity index (χ1) is 8.65. The molecule has 18 heavy (non-hydrogen) atoms. The zero-order chi connectivity index (χ0) is 13.4. The van der Waals surface area contributed by atoms with Crippen LogP contribution in [0.25, 0.3) is 0 Å². The minimum absolute atomic E-state index is 0.248. The Kier molecular flexibility index (Phi) is 6.48. The summed E-state index contributed by atoms with van der Waals surface area (Å²) in [4.78, 5) is 10.7. The summed E-state index contributed by atoms with van der Waals surface area (Å²) < 4.78 is 5.01. The van der Waals surface area contributed by atoms with Crippen molar-refractivity contribution >= 4 is 23.0 Å². The van der Waals surface area contributed by atoms with Crippen molar-refractivity contribution in [2.75, 3.05) is 45.7 Å². The summed E-state index contributed by atoms with van der Waals surface area (Å²) in [6.45, 7) is 3.23. The summed E-state index contributed by atoms with van der Waals surface area (Å²) in [5, 5.41) is 3.18. The molecule has 100 valence electrons. The number of nitrogens with one attached hydrogen (secondary N) is 1. The maximum absolute atomic E-state index is 5.57. The van der Waals surface area contributed by atoms with E-state index in [1.807, 2.05) is 7.05 Å². The van der Waals surface area contributed by atoms with Gasteiger partial charge < -0.3 is 20.7 Å². The molecular weight excluding hydrogens is 250 g/mol. The van der Waals surface area contributed by atoms with E-state index in [1.165, 1.54) is 0 Å². The van der Waals surface area contributed by atoms with Crippen LogP contribution in [-0.4, -0.2) is 60.3 Å². The lowest BCUT2D eigenvalue weighted by atomic mass is 10.4. The summed E-state index contributed by atoms with van der Waals surface area (Å²) in [5.74, 6) is 0.630. The van der Waals surface area contributed by atoms with Crippen molar-refractivity contribution in [2.45, 2.75) is 0 Å². The highest BCUT2D eigenvalue weighted by Crippen LogP contribution is 2.07. The van der Waals surface area contributed by atoms with Crippen LogP contribution >= 0.6 is 12.2 Å². The van der Waals surface area contributed by atoms with Crippen LogP contribution in [0.15, 0.2) is 12.4 Å². The van der Waals surface area contributed by atoms with Gasteiger partial charge in [-0.25, -0.2) is 9.97 Å². The van der Waals surface area contributed by atoms with Crippen LogP contribution in [0.1, 0.15) is 5.69 Å². The Morgan fingerprint density at radius 1 is 1.44 bits per heavy atom. The normalized spacial score (nSPS) is 10.6. The molecule has 0 saturated heterocycles. The Bertz CT molecular complexity index is 387. The van der Waals surface area contributed by atoms with E-state index in [4.69, 9.17) is 22.7 Å². The highest BCUT2D eigenvalue weighted by Gasteiger charge is 2.07. The number of hydrogen-bond acceptors (Lipinski definition) is 6. The van der Waals surface area contributed by atoms with Crippen LogP contribution in [0.5, 0.6) is 0 Å². The minimum Gasteiger partial charge on any atom is -0.388 e. The van der Waals surface area contributed by atoms with Crippen LogP contribution in [0.4, 0.5) is 5.82 Å². The predicted octanol–water partition coefficient (Wildman–Crippen LogP) is 0.101. The fourth-order valence-corrected chi connectivity index (χ4v) is 1.52. The molecule has 0 aliphatic carbocycles. The molecule has 0 unspecified atom stereocenters. The molecule has 0 fully saturated rings. The molecule has 3 N–H and O–H groups in total. The molecule has 1 rings (SSSR count). The number of ether oxygens (including phenoxy) is 1. The van der Waals surface area contributed by atoms with Crippen LogP contribution in [-0.2, 0) is 4.74 Å². The minimum atomic E-state index is 0.248. The lowest BCUT2D eigenvalue weighted by Gasteiger charge is -2.16. The van der Waals surface area contributed by atoms with E-state index in [0.29, 0.717) is 11.5 Å². The Morgan fingerprint density at radius 2 is 2.17 bits per heavy atom. The van der Waals surface area contributed by atoms with Crippen LogP contribution in [0.3, 0.4) is 0 Å². The van der Waals surface area contributed by atoms with Crippen LogP contribution < -0.4 is 11.1 Å². The van der Waals surface area contributed by atoms with Gasteiger partial charge in [0.2, 0.25) is 0 Å². The average molecular weight is 269 g/mol. The third-order valence-corrected chi connectivity index (χ3v) is 2.59. The fourth-order valence-electron chi connectivity index (χ4n) is 1.37. The quantitative estimate of drug-likeness (QED) is 0.648. The molecule has 0 amide bonds. The van der Waals surface area contributed by atoms with Gasteiger partial charge in [0.05, 0.1) is 6.61 Å². The van der Waals surface area contributed by atoms with Gasteiger partial charge in [0.15, 0.2) is 5.82 Å². The molecule has 0 spiro atoms. The van der Waals surface area contributed by atoms with Crippen molar-refractivity contribution in [3.8, 4) is 0 Å². The van der Waals surface area contributed by atoms with Crippen molar-refractivity contribution in [1.29, 1.82) is 0 Å². The fraction of sp³-hybridized carbons (Fsp3) is 0.545. The topological polar surface area (TPSA) is 76.3 Å². The molecule has 0 aliphatic heterocycles. The monoisotopic (exact) mass is 269 g/mol. The summed E-state index contributed by atoms with van der Waals surface area (Å²) in [6, 6.07) is 0. The van der Waals surface area contributed by atoms with E-state index in [1.54, 1.807) is 19.5 Å². The molecular formula is C11H19N5OS. The number of rotatable bonds is 8. The Morgan fingerprint density at radius 3 is 2.83 bits per heavy atom. The zero-order valence-electron chi connectivity index (χ0n) is 10.7. The van der Waals surface area contributed by atoms with Gasteiger partial charge in [0, 0.05) is 39.1 Å². The first kappa shape index (κ1) is 14.7. The predicted molar refractivity (Wildman–Crippen MR) is 75.8 cm³/mol. The molecule has 0 bridgehead atoms. The summed E-state index contributed by atoms with van der Waals surface area (Å²) >= 11 is 4.92. The van der Waals surface area contributed by atoms with Crippen molar-refractivity contribution in [3.05, 3.63) is 18.1 Å². The van der Waals surface area contributed by atoms with Gasteiger partial charge in [-0.1, -0.05) is 12.2 Å². The van der Waals surface area contributed by atoms with Crippen LogP contribution in [0.2, 0.25) is 0 Å². The Balaban J connectivity index is 2.41. The van der Waals surface area contributed by atoms with Crippen molar-refractivity contribution in [1.82, 2.24) is 14.9 Å². The Labute approximate surface area is 113 Å². The second-order valence-corrected chi connectivity index (χ2v) is 4.28. The van der Waals surface area contributed by atoms with Gasteiger partial charge in [-0.2, -0.15) is 0 Å². The van der Waals surface area contributed by atoms with E-state index < -0.39 is 0 Å². The van der Waals surface area contributed by atoms with Gasteiger partial charge in [0.1, 0.15) is 10.7 Å². The standard InChI is InChI=1S/C11H19N5OS/c1-16(7-8-17-2)6-5-15-11-9(10(12)18)13-3-4-14-11/h3-4H,5-8H2,1-2H3,(H2,12,18)(H,14,15). The SMILES string of the molecule is COCCN(C)CCNc1nccnc1C(N)=S. The van der Waals surface area contributed by atoms with Crippen LogP contribution in [0, 0.1) is 0 Å². The molecule has 1 aromatic rings. The lowest BCUT2D eigenvalue weighted by Crippen LogP contribution is -2.29. The number of methoxy groups -OCH3 is 1. The second kappa shape index (κ2) is 7.91. The van der Waals surface area contributed by atoms with Gasteiger partial charge in [-0.15, -0.1) is 0 Å². The van der Waals surface area contributed by atoms with E-state index in [0.717, 1.165) is 26.2 Å². The third-order valence-electron chi connectivity index (χ3n) is 2.39. The highest BCUT2D eigenvalue weighted by molar-refractivity contribution is 7.80. The maximum atomic E-state index is 5.57. The summed E-state index contributed by atoms with van der Waals surface area (Å²) in [7, 11) is 3.73. The number of anilines is 1. The van der Waals surface area contributed by atoms with Gasteiger partial charge in [0.25, 0.3) is 0 Å². The summed E-state index contributed by atoms with van der Waals surface area (Å²) in [6.07, 6.45) is 3.18. The van der Waals surface area contributed by atoms with Crippen molar-refractivity contribution < 1.29 is 4.74 Å². The molecule has 0 aliphatic rings. The molecule has 6 nitrogen and oxygen atoms in total. The molecule has 1 aromatic heterocycles. The van der Waals surface area contributed by atoms with Gasteiger partial charge in [-0.05, 0) is 7.05 Å². The number of likely N-dealkylation sites (N-methyl/N-ethyl adjacent to an activating group) is 1. The van der Waals surface area contributed by atoms with Gasteiger partial charge >= 0.3 is 0 Å². The maximum Gasteiger partial charge on any atom is 0.155 e. The largest absolute Gasteiger partial charge is 0.388 e. The van der Waals surface area contributed by atoms with Crippen molar-refractivity contribution in [3.63, 3.8) is 0 Å². The molecule has 0 saturated carbocycles. The highest BCUT2D eigenvalue weighted by atomic mass is 32.1. The van der Waals surface area contributed by atoms with E-state index in [9.17, 15) is 0 Å². The van der Waals surface area contributed by atoms with Crippen molar-refractivity contribution in [2.24, 2.45) is 5.73 Å². The van der Waals surface area contributed by atoms with E-state index in [-0.39, 0.29) is 4.99 Å². The lowest BCUT2D eigenvalue weighted by molar-refractivity contribution is 0.163. The Hall–Kier alpha value is -1.31. The molecule has 0 atom stereocenters. The number of nitrogens with zero attached hydrogens (tertiary/aromatic N) is 3. The number of hydrogen-bond donors (Lipinski definition) is 2. The van der Waals surface area contributed by atoms with E-state index in [2.05, 4.69) is 20.2 Å². The summed E-state index contributed by atoms with van der Waals surface area (Å²) in [5.41, 5.74) is 6.11. The number of nitrogens with two attached hydrogens (primary N) is 1. The molecule has 1 heterocycles. The first-order valence-corrected chi connectivity index (χ1v) is 6.08. The number of thiocarbonyl (C=S) groups is 1. The average Bonchev–Trinajstić information content (AvgIpc) is 2.36. The zero-order valence-corrected chi connectivity index (χ0v) is 11.5. The first-order valence-electron chi connectivity index (χ1n) is 5.67. The smallest absolute Gasteiger partial charge is 0.155 e. The molecule has 0 radical (unpaired) electrons. The van der Waals surface area contributed by atoms with Gasteiger partial charge in [-0.3, -0.25) is 0 Å². The second-order valence-electron chi connectivity index (χ2n) is 3.84. The third kappa shape index (κ3) is 4.91. The molecule has 0 aromatic carbocycles. The van der Waals surface area contributed by atoms with E-state index >= 15 is 0 Å². The molecule has 7 heteroatoms. The number of aromatic nitrogens is 2.